The highest BCUT2D eigenvalue weighted by atomic mass is 79.9. The Balaban J connectivity index is 1.59. The third kappa shape index (κ3) is 5.32. The van der Waals surface area contributed by atoms with E-state index in [0.717, 1.165) is 65.4 Å². The highest BCUT2D eigenvalue weighted by Crippen LogP contribution is 2.34. The summed E-state index contributed by atoms with van der Waals surface area (Å²) >= 11 is 7.22. The van der Waals surface area contributed by atoms with Crippen molar-refractivity contribution in [3.63, 3.8) is 0 Å². The molecule has 4 aromatic heterocycles. The summed E-state index contributed by atoms with van der Waals surface area (Å²) in [6.45, 7) is 0. The molecule has 0 saturated carbocycles. The van der Waals surface area contributed by atoms with Gasteiger partial charge in [0.25, 0.3) is 0 Å². The first kappa shape index (κ1) is 24.3. The smallest absolute Gasteiger partial charge is 0.0901 e. The highest BCUT2D eigenvalue weighted by molar-refractivity contribution is 9.10. The van der Waals surface area contributed by atoms with Gasteiger partial charge < -0.3 is 0 Å². The molecular weight excluding hydrogens is 600 g/mol. The van der Waals surface area contributed by atoms with E-state index >= 15 is 0 Å². The molecule has 6 rings (SSSR count). The van der Waals surface area contributed by atoms with Gasteiger partial charge in [0, 0.05) is 21.3 Å². The maximum atomic E-state index is 5.04. The summed E-state index contributed by atoms with van der Waals surface area (Å²) in [6.07, 6.45) is 3.57. The molecule has 0 unspecified atom stereocenters. The molecule has 0 fully saturated rings. The second-order valence-electron chi connectivity index (χ2n) is 8.70. The van der Waals surface area contributed by atoms with E-state index in [9.17, 15) is 0 Å². The van der Waals surface area contributed by atoms with Crippen LogP contribution < -0.4 is 0 Å². The molecule has 0 aliphatic heterocycles. The van der Waals surface area contributed by atoms with E-state index in [1.807, 2.05) is 60.7 Å². The summed E-state index contributed by atoms with van der Waals surface area (Å²) in [5.74, 6) is 0. The zero-order valence-corrected chi connectivity index (χ0v) is 23.3. The Morgan fingerprint density at radius 2 is 0.789 bits per heavy atom. The summed E-state index contributed by atoms with van der Waals surface area (Å²) in [4.78, 5) is 19.2. The number of benzene rings is 2. The number of halogens is 2. The first-order valence-electron chi connectivity index (χ1n) is 12.0. The van der Waals surface area contributed by atoms with Crippen molar-refractivity contribution >= 4 is 31.9 Å². The Hall–Kier alpha value is -4.00. The number of rotatable bonds is 5. The molecule has 0 saturated heterocycles. The van der Waals surface area contributed by atoms with Crippen LogP contribution in [0, 0.1) is 0 Å². The first-order valence-corrected chi connectivity index (χ1v) is 13.6. The zero-order valence-electron chi connectivity index (χ0n) is 20.1. The summed E-state index contributed by atoms with van der Waals surface area (Å²) in [6, 6.07) is 36.5. The van der Waals surface area contributed by atoms with Crippen LogP contribution in [0.3, 0.4) is 0 Å². The number of pyridine rings is 4. The number of hydrogen-bond acceptors (Lipinski definition) is 4. The Labute approximate surface area is 237 Å². The van der Waals surface area contributed by atoms with Gasteiger partial charge in [0.1, 0.15) is 0 Å². The fourth-order valence-electron chi connectivity index (χ4n) is 4.28. The van der Waals surface area contributed by atoms with Crippen molar-refractivity contribution in [2.45, 2.75) is 0 Å². The summed E-state index contributed by atoms with van der Waals surface area (Å²) in [5, 5.41) is 0. The molecule has 4 heterocycles. The van der Waals surface area contributed by atoms with Gasteiger partial charge in [0.15, 0.2) is 0 Å². The molecule has 6 heteroatoms. The molecule has 6 aromatic rings. The quantitative estimate of drug-likeness (QED) is 0.193. The van der Waals surface area contributed by atoms with Gasteiger partial charge in [-0.3, -0.25) is 9.97 Å². The van der Waals surface area contributed by atoms with Crippen LogP contribution in [0.15, 0.2) is 131 Å². The summed E-state index contributed by atoms with van der Waals surface area (Å²) in [7, 11) is 0. The van der Waals surface area contributed by atoms with Crippen LogP contribution in [0.5, 0.6) is 0 Å². The maximum absolute atomic E-state index is 5.04. The third-order valence-corrected chi connectivity index (χ3v) is 7.07. The monoisotopic (exact) mass is 618 g/mol. The van der Waals surface area contributed by atoms with Crippen LogP contribution in [-0.4, -0.2) is 19.9 Å². The van der Waals surface area contributed by atoms with Gasteiger partial charge in [0.05, 0.1) is 34.2 Å². The molecule has 182 valence electrons. The molecule has 0 radical (unpaired) electrons. The van der Waals surface area contributed by atoms with E-state index in [4.69, 9.17) is 9.97 Å². The van der Waals surface area contributed by atoms with Crippen LogP contribution in [0.4, 0.5) is 0 Å². The lowest BCUT2D eigenvalue weighted by molar-refractivity contribution is 1.20. The lowest BCUT2D eigenvalue weighted by atomic mass is 10.00. The van der Waals surface area contributed by atoms with E-state index in [-0.39, 0.29) is 0 Å². The average molecular weight is 620 g/mol. The molecule has 4 nitrogen and oxygen atoms in total. The fraction of sp³-hybridized carbons (Fsp3) is 0. The van der Waals surface area contributed by atoms with Crippen molar-refractivity contribution in [3.05, 3.63) is 131 Å². The number of aromatic nitrogens is 4. The second kappa shape index (κ2) is 10.8. The fourth-order valence-corrected chi connectivity index (χ4v) is 5.08. The van der Waals surface area contributed by atoms with Crippen LogP contribution in [0.2, 0.25) is 0 Å². The lowest BCUT2D eigenvalue weighted by Crippen LogP contribution is -1.97. The topological polar surface area (TPSA) is 51.6 Å². The Morgan fingerprint density at radius 1 is 0.368 bits per heavy atom. The van der Waals surface area contributed by atoms with E-state index in [1.165, 1.54) is 0 Å². The minimum absolute atomic E-state index is 0.761. The van der Waals surface area contributed by atoms with Gasteiger partial charge in [-0.1, -0.05) is 68.3 Å². The van der Waals surface area contributed by atoms with E-state index in [1.54, 1.807) is 12.4 Å². The van der Waals surface area contributed by atoms with Gasteiger partial charge >= 0.3 is 0 Å². The molecule has 0 amide bonds. The van der Waals surface area contributed by atoms with E-state index in [0.29, 0.717) is 0 Å². The van der Waals surface area contributed by atoms with Crippen molar-refractivity contribution in [3.8, 4) is 56.4 Å². The SMILES string of the molecule is Brc1cccc(-c2cc(-c3ccccn3)nc(-c3cc(-c4cccc(Br)c4)cc(-c4ccccn4)n3)c2)c1. The normalized spacial score (nSPS) is 10.9. The maximum Gasteiger partial charge on any atom is 0.0901 e. The van der Waals surface area contributed by atoms with E-state index < -0.39 is 0 Å². The molecule has 0 bridgehead atoms. The van der Waals surface area contributed by atoms with Crippen molar-refractivity contribution in [1.29, 1.82) is 0 Å². The van der Waals surface area contributed by atoms with Crippen molar-refractivity contribution in [2.75, 3.05) is 0 Å². The van der Waals surface area contributed by atoms with Crippen molar-refractivity contribution in [1.82, 2.24) is 19.9 Å². The molecule has 2 aromatic carbocycles. The molecule has 0 N–H and O–H groups in total. The van der Waals surface area contributed by atoms with Gasteiger partial charge in [-0.15, -0.1) is 0 Å². The summed E-state index contributed by atoms with van der Waals surface area (Å²) in [5.41, 5.74) is 8.92. The third-order valence-electron chi connectivity index (χ3n) is 6.08. The zero-order chi connectivity index (χ0) is 25.9. The predicted molar refractivity (Wildman–Crippen MR) is 160 cm³/mol. The molecule has 0 atom stereocenters. The van der Waals surface area contributed by atoms with Gasteiger partial charge in [0.2, 0.25) is 0 Å². The minimum atomic E-state index is 0.761. The largest absolute Gasteiger partial charge is 0.255 e. The van der Waals surface area contributed by atoms with Gasteiger partial charge in [-0.2, -0.15) is 0 Å². The Bertz CT molecular complexity index is 1610. The predicted octanol–water partition coefficient (Wildman–Crippen LogP) is 9.13. The Kier molecular flexibility index (Phi) is 6.90. The highest BCUT2D eigenvalue weighted by Gasteiger charge is 2.14. The standard InChI is InChI=1S/C32H20Br2N4/c33-25-9-5-7-21(15-25)23-17-29(27-11-1-3-13-35-27)37-31(19-23)32-20-24(22-8-6-10-26(34)16-22)18-30(38-32)28-12-2-4-14-36-28/h1-20H. The summed E-state index contributed by atoms with van der Waals surface area (Å²) < 4.78 is 2.03. The van der Waals surface area contributed by atoms with Crippen molar-refractivity contribution < 1.29 is 0 Å². The Morgan fingerprint density at radius 3 is 1.16 bits per heavy atom. The second-order valence-corrected chi connectivity index (χ2v) is 10.5. The number of hydrogen-bond donors (Lipinski definition) is 0. The van der Waals surface area contributed by atoms with Crippen LogP contribution in [0.25, 0.3) is 56.4 Å². The first-order chi connectivity index (χ1) is 18.6. The van der Waals surface area contributed by atoms with Crippen LogP contribution in [-0.2, 0) is 0 Å². The molecule has 0 spiro atoms. The van der Waals surface area contributed by atoms with Gasteiger partial charge in [-0.25, -0.2) is 9.97 Å². The molecule has 0 aliphatic carbocycles. The lowest BCUT2D eigenvalue weighted by Gasteiger charge is -2.13. The minimum Gasteiger partial charge on any atom is -0.255 e. The molecular formula is C32H20Br2N4. The van der Waals surface area contributed by atoms with Gasteiger partial charge in [-0.05, 0) is 95.1 Å². The molecule has 38 heavy (non-hydrogen) atoms. The number of nitrogens with zero attached hydrogens (tertiary/aromatic N) is 4. The van der Waals surface area contributed by atoms with Crippen LogP contribution >= 0.6 is 31.9 Å². The molecule has 0 aliphatic rings. The van der Waals surface area contributed by atoms with Crippen LogP contribution in [0.1, 0.15) is 0 Å². The van der Waals surface area contributed by atoms with Crippen molar-refractivity contribution in [2.24, 2.45) is 0 Å². The average Bonchev–Trinajstić information content (AvgIpc) is 2.97. The van der Waals surface area contributed by atoms with E-state index in [2.05, 4.69) is 90.4 Å².